The van der Waals surface area contributed by atoms with Crippen LogP contribution >= 0.6 is 0 Å². The second-order valence-corrected chi connectivity index (χ2v) is 5.29. The number of ether oxygens (including phenoxy) is 1. The topological polar surface area (TPSA) is 46.5 Å². The van der Waals surface area contributed by atoms with Gasteiger partial charge in [-0.3, -0.25) is 4.79 Å². The maximum absolute atomic E-state index is 12.6. The van der Waals surface area contributed by atoms with Gasteiger partial charge in [0.1, 0.15) is 5.75 Å². The summed E-state index contributed by atoms with van der Waals surface area (Å²) in [6.07, 6.45) is 1.60. The Bertz CT molecular complexity index is 499. The molecule has 0 radical (unpaired) electrons. The van der Waals surface area contributed by atoms with Crippen LogP contribution in [0.4, 0.5) is 0 Å². The van der Waals surface area contributed by atoms with E-state index in [4.69, 9.17) is 4.74 Å². The minimum absolute atomic E-state index is 0.0458. The molecule has 0 aliphatic heterocycles. The zero-order valence-corrected chi connectivity index (χ0v) is 11.5. The Morgan fingerprint density at radius 2 is 1.94 bits per heavy atom. The standard InChI is InChI=1S/C15H20O3/c1-9-7-12(18-4)10(2)11(3)13(9)14(17)15(8-16)5-6-15/h7,16H,5-6,8H2,1-4H3. The number of aliphatic hydroxyl groups is 1. The van der Waals surface area contributed by atoms with E-state index in [2.05, 4.69) is 0 Å². The van der Waals surface area contributed by atoms with Crippen LogP contribution in [0.5, 0.6) is 5.75 Å². The van der Waals surface area contributed by atoms with Crippen LogP contribution in [0.1, 0.15) is 39.9 Å². The Morgan fingerprint density at radius 3 is 2.39 bits per heavy atom. The van der Waals surface area contributed by atoms with Crippen LogP contribution in [-0.2, 0) is 0 Å². The molecule has 1 aromatic rings. The van der Waals surface area contributed by atoms with Crippen LogP contribution < -0.4 is 4.74 Å². The van der Waals surface area contributed by atoms with Crippen molar-refractivity contribution in [1.29, 1.82) is 0 Å². The van der Waals surface area contributed by atoms with Crippen molar-refractivity contribution in [3.05, 3.63) is 28.3 Å². The molecule has 0 aromatic heterocycles. The van der Waals surface area contributed by atoms with Crippen LogP contribution in [0, 0.1) is 26.2 Å². The van der Waals surface area contributed by atoms with E-state index in [9.17, 15) is 9.90 Å². The molecule has 0 saturated heterocycles. The fourth-order valence-corrected chi connectivity index (χ4v) is 2.48. The Labute approximate surface area is 108 Å². The number of benzene rings is 1. The lowest BCUT2D eigenvalue weighted by molar-refractivity contribution is 0.0828. The van der Waals surface area contributed by atoms with E-state index in [0.29, 0.717) is 0 Å². The Morgan fingerprint density at radius 1 is 1.33 bits per heavy atom. The largest absolute Gasteiger partial charge is 0.496 e. The molecule has 1 fully saturated rings. The zero-order chi connectivity index (χ0) is 13.5. The molecule has 18 heavy (non-hydrogen) atoms. The summed E-state index contributed by atoms with van der Waals surface area (Å²) in [5.74, 6) is 0.904. The summed E-state index contributed by atoms with van der Waals surface area (Å²) in [7, 11) is 1.64. The molecule has 1 aliphatic carbocycles. The monoisotopic (exact) mass is 248 g/mol. The molecule has 1 N–H and O–H groups in total. The molecule has 0 spiro atoms. The van der Waals surface area contributed by atoms with Crippen LogP contribution in [0.15, 0.2) is 6.07 Å². The van der Waals surface area contributed by atoms with E-state index >= 15 is 0 Å². The van der Waals surface area contributed by atoms with E-state index in [0.717, 1.165) is 40.8 Å². The van der Waals surface area contributed by atoms with Gasteiger partial charge in [0.2, 0.25) is 0 Å². The molecule has 1 saturated carbocycles. The van der Waals surface area contributed by atoms with Crippen molar-refractivity contribution in [2.24, 2.45) is 5.41 Å². The van der Waals surface area contributed by atoms with Gasteiger partial charge in [-0.15, -0.1) is 0 Å². The lowest BCUT2D eigenvalue weighted by Crippen LogP contribution is -2.22. The van der Waals surface area contributed by atoms with Crippen molar-refractivity contribution in [3.8, 4) is 5.75 Å². The number of hydrogen-bond acceptors (Lipinski definition) is 3. The maximum atomic E-state index is 12.6. The first-order valence-corrected chi connectivity index (χ1v) is 6.27. The first-order valence-electron chi connectivity index (χ1n) is 6.27. The highest BCUT2D eigenvalue weighted by atomic mass is 16.5. The van der Waals surface area contributed by atoms with Gasteiger partial charge in [-0.25, -0.2) is 0 Å². The second kappa shape index (κ2) is 4.39. The van der Waals surface area contributed by atoms with Crippen LogP contribution in [0.2, 0.25) is 0 Å². The van der Waals surface area contributed by atoms with Crippen molar-refractivity contribution in [2.75, 3.05) is 13.7 Å². The maximum Gasteiger partial charge on any atom is 0.171 e. The molecule has 0 unspecified atom stereocenters. The van der Waals surface area contributed by atoms with Crippen LogP contribution in [-0.4, -0.2) is 24.6 Å². The van der Waals surface area contributed by atoms with E-state index in [1.54, 1.807) is 7.11 Å². The van der Waals surface area contributed by atoms with Gasteiger partial charge in [0.15, 0.2) is 5.78 Å². The molecule has 2 rings (SSSR count). The lowest BCUT2D eigenvalue weighted by Gasteiger charge is -2.18. The highest BCUT2D eigenvalue weighted by Gasteiger charge is 2.50. The highest BCUT2D eigenvalue weighted by molar-refractivity contribution is 6.05. The minimum atomic E-state index is -0.503. The summed E-state index contributed by atoms with van der Waals surface area (Å²) in [5, 5.41) is 9.39. The van der Waals surface area contributed by atoms with Crippen LogP contribution in [0.25, 0.3) is 0 Å². The second-order valence-electron chi connectivity index (χ2n) is 5.29. The fraction of sp³-hybridized carbons (Fsp3) is 0.533. The van der Waals surface area contributed by atoms with Gasteiger partial charge in [-0.1, -0.05) is 0 Å². The van der Waals surface area contributed by atoms with Gasteiger partial charge >= 0.3 is 0 Å². The summed E-state index contributed by atoms with van der Waals surface area (Å²) in [6.45, 7) is 5.79. The number of carbonyl (C=O) groups is 1. The quantitative estimate of drug-likeness (QED) is 0.833. The molecule has 1 aromatic carbocycles. The van der Waals surface area contributed by atoms with Crippen molar-refractivity contribution in [2.45, 2.75) is 33.6 Å². The summed E-state index contributed by atoms with van der Waals surface area (Å²) in [5.41, 5.74) is 3.16. The predicted octanol–water partition coefficient (Wildman–Crippen LogP) is 2.58. The molecule has 0 amide bonds. The first kappa shape index (κ1) is 13.1. The molecule has 1 aliphatic rings. The molecule has 0 heterocycles. The van der Waals surface area contributed by atoms with E-state index in [-0.39, 0.29) is 12.4 Å². The number of aliphatic hydroxyl groups excluding tert-OH is 1. The molecule has 3 nitrogen and oxygen atoms in total. The third kappa shape index (κ3) is 1.83. The Balaban J connectivity index is 2.52. The number of rotatable bonds is 4. The lowest BCUT2D eigenvalue weighted by atomic mass is 9.87. The smallest absolute Gasteiger partial charge is 0.171 e. The van der Waals surface area contributed by atoms with Crippen molar-refractivity contribution in [3.63, 3.8) is 0 Å². The van der Waals surface area contributed by atoms with Crippen molar-refractivity contribution < 1.29 is 14.6 Å². The molecule has 98 valence electrons. The summed E-state index contributed by atoms with van der Waals surface area (Å²) >= 11 is 0. The third-order valence-electron chi connectivity index (χ3n) is 4.13. The zero-order valence-electron chi connectivity index (χ0n) is 11.5. The normalized spacial score (nSPS) is 16.5. The SMILES string of the molecule is COc1cc(C)c(C(=O)C2(CO)CC2)c(C)c1C. The highest BCUT2D eigenvalue weighted by Crippen LogP contribution is 2.49. The number of Topliss-reactive ketones (excluding diaryl/α,β-unsaturated/α-hetero) is 1. The Hall–Kier alpha value is -1.35. The minimum Gasteiger partial charge on any atom is -0.496 e. The molecule has 0 atom stereocenters. The van der Waals surface area contributed by atoms with Crippen molar-refractivity contribution in [1.82, 2.24) is 0 Å². The number of ketones is 1. The number of aryl methyl sites for hydroxylation is 1. The van der Waals surface area contributed by atoms with Gasteiger partial charge in [-0.05, 0) is 56.4 Å². The first-order chi connectivity index (χ1) is 8.46. The van der Waals surface area contributed by atoms with Gasteiger partial charge in [-0.2, -0.15) is 0 Å². The Kier molecular flexibility index (Phi) is 3.20. The molecule has 3 heteroatoms. The molecule has 0 bridgehead atoms. The van der Waals surface area contributed by atoms with E-state index in [1.165, 1.54) is 0 Å². The number of methoxy groups -OCH3 is 1. The summed E-state index contributed by atoms with van der Waals surface area (Å²) in [6, 6.07) is 1.91. The van der Waals surface area contributed by atoms with Gasteiger partial charge in [0, 0.05) is 5.56 Å². The predicted molar refractivity (Wildman–Crippen MR) is 70.3 cm³/mol. The van der Waals surface area contributed by atoms with Gasteiger partial charge < -0.3 is 9.84 Å². The average Bonchev–Trinajstić information content (AvgIpc) is 3.14. The van der Waals surface area contributed by atoms with E-state index in [1.807, 2.05) is 26.8 Å². The number of carbonyl (C=O) groups excluding carboxylic acids is 1. The van der Waals surface area contributed by atoms with Crippen LogP contribution in [0.3, 0.4) is 0 Å². The molecular weight excluding hydrogens is 228 g/mol. The molecular formula is C15H20O3. The number of hydrogen-bond donors (Lipinski definition) is 1. The average molecular weight is 248 g/mol. The van der Waals surface area contributed by atoms with Crippen molar-refractivity contribution >= 4 is 5.78 Å². The summed E-state index contributed by atoms with van der Waals surface area (Å²) in [4.78, 5) is 12.6. The fourth-order valence-electron chi connectivity index (χ4n) is 2.48. The third-order valence-corrected chi connectivity index (χ3v) is 4.13. The summed E-state index contributed by atoms with van der Waals surface area (Å²) < 4.78 is 5.31. The van der Waals surface area contributed by atoms with Gasteiger partial charge in [0.05, 0.1) is 19.1 Å². The van der Waals surface area contributed by atoms with Gasteiger partial charge in [0.25, 0.3) is 0 Å². The van der Waals surface area contributed by atoms with E-state index < -0.39 is 5.41 Å².